The third kappa shape index (κ3) is 8.96. The number of benzene rings is 2. The fraction of sp³-hybridized carbons (Fsp3) is 0.390. The molecule has 0 spiro atoms. The predicted octanol–water partition coefficient (Wildman–Crippen LogP) is 7.76. The van der Waals surface area contributed by atoms with E-state index in [-0.39, 0.29) is 13.2 Å². The van der Waals surface area contributed by atoms with E-state index in [1.807, 2.05) is 12.1 Å². The van der Waals surface area contributed by atoms with Crippen LogP contribution in [-0.4, -0.2) is 76.2 Å². The number of hydrogen-bond donors (Lipinski definition) is 1. The smallest absolute Gasteiger partial charge is 0.442 e. The minimum Gasteiger partial charge on any atom is -0.443 e. The molecule has 290 valence electrons. The Morgan fingerprint density at radius 1 is 0.909 bits per heavy atom. The minimum absolute atomic E-state index is 0.00617. The van der Waals surface area contributed by atoms with E-state index in [2.05, 4.69) is 31.5 Å². The molecule has 3 amide bonds. The summed E-state index contributed by atoms with van der Waals surface area (Å²) in [6.07, 6.45) is 1.67. The van der Waals surface area contributed by atoms with Crippen LogP contribution < -0.4 is 10.2 Å². The van der Waals surface area contributed by atoms with E-state index in [9.17, 15) is 18.6 Å². The standard InChI is InChI=1S/C41H47N5O8S/c1-26(2)55(50,45-37(48)53-39(3,4)5)30-15-13-29(14-16-30)44-35-22-31-28(23-43-35)19-20-42-33(31)18-12-27-11-17-32-34(21-27)46(38(49)54-40(6,7)8)36(47)41(32,24-51-9)25-52-10/h11,13-17,19-23,26H,24-25H2,1-10H3,(H,43,44). The fourth-order valence-electron chi connectivity index (χ4n) is 6.01. The molecule has 0 bridgehead atoms. The zero-order valence-corrected chi connectivity index (χ0v) is 33.6. The number of aromatic nitrogens is 2. The molecule has 1 aliphatic heterocycles. The molecule has 1 aliphatic rings. The molecule has 1 atom stereocenters. The third-order valence-corrected chi connectivity index (χ3v) is 11.0. The van der Waals surface area contributed by atoms with Crippen molar-refractivity contribution < 1.29 is 37.5 Å². The van der Waals surface area contributed by atoms with Crippen LogP contribution in [-0.2, 0) is 38.9 Å². The second-order valence-corrected chi connectivity index (χ2v) is 18.1. The van der Waals surface area contributed by atoms with Gasteiger partial charge in [0.05, 0.1) is 28.6 Å². The number of methoxy groups -OCH3 is 2. The number of nitrogens with one attached hydrogen (secondary N) is 1. The average Bonchev–Trinajstić information content (AvgIpc) is 3.32. The predicted molar refractivity (Wildman–Crippen MR) is 211 cm³/mol. The largest absolute Gasteiger partial charge is 0.443 e. The highest BCUT2D eigenvalue weighted by atomic mass is 32.2. The molecule has 5 rings (SSSR count). The first-order valence-electron chi connectivity index (χ1n) is 17.6. The lowest BCUT2D eigenvalue weighted by atomic mass is 9.83. The number of nitrogens with zero attached hydrogens (tertiary/aromatic N) is 4. The second-order valence-electron chi connectivity index (χ2n) is 15.3. The van der Waals surface area contributed by atoms with Crippen LogP contribution in [0.5, 0.6) is 0 Å². The van der Waals surface area contributed by atoms with Crippen molar-refractivity contribution in [3.05, 3.63) is 83.8 Å². The Kier molecular flexibility index (Phi) is 11.7. The van der Waals surface area contributed by atoms with Crippen molar-refractivity contribution >= 4 is 55.8 Å². The Morgan fingerprint density at radius 3 is 2.16 bits per heavy atom. The monoisotopic (exact) mass is 769 g/mol. The highest BCUT2D eigenvalue weighted by molar-refractivity contribution is 7.94. The van der Waals surface area contributed by atoms with Gasteiger partial charge in [-0.2, -0.15) is 0 Å². The summed E-state index contributed by atoms with van der Waals surface area (Å²) in [7, 11) is -0.133. The van der Waals surface area contributed by atoms with Crippen LogP contribution in [0.25, 0.3) is 10.8 Å². The fourth-order valence-corrected chi connectivity index (χ4v) is 7.65. The van der Waals surface area contributed by atoms with Crippen molar-refractivity contribution in [3.8, 4) is 11.8 Å². The highest BCUT2D eigenvalue weighted by Gasteiger charge is 2.54. The van der Waals surface area contributed by atoms with Gasteiger partial charge in [-0.15, -0.1) is 4.36 Å². The summed E-state index contributed by atoms with van der Waals surface area (Å²) in [6, 6.07) is 15.7. The summed E-state index contributed by atoms with van der Waals surface area (Å²) in [5, 5.41) is 4.35. The Morgan fingerprint density at radius 2 is 1.56 bits per heavy atom. The molecule has 1 N–H and O–H groups in total. The molecule has 55 heavy (non-hydrogen) atoms. The summed E-state index contributed by atoms with van der Waals surface area (Å²) in [5.74, 6) is 6.30. The van der Waals surface area contributed by atoms with Gasteiger partial charge in [0.25, 0.3) is 5.91 Å². The summed E-state index contributed by atoms with van der Waals surface area (Å²) >= 11 is 0. The molecule has 4 aromatic rings. The quantitative estimate of drug-likeness (QED) is 0.175. The zero-order valence-electron chi connectivity index (χ0n) is 32.8. The van der Waals surface area contributed by atoms with Crippen molar-refractivity contribution in [2.45, 2.75) is 82.2 Å². The molecule has 14 heteroatoms. The van der Waals surface area contributed by atoms with E-state index in [1.165, 1.54) is 14.2 Å². The molecule has 1 unspecified atom stereocenters. The summed E-state index contributed by atoms with van der Waals surface area (Å²) < 4.78 is 39.7. The Balaban J connectivity index is 1.46. The molecule has 0 saturated carbocycles. The van der Waals surface area contributed by atoms with Crippen molar-refractivity contribution in [2.24, 2.45) is 4.36 Å². The number of anilines is 3. The first-order chi connectivity index (χ1) is 25.8. The second kappa shape index (κ2) is 15.8. The summed E-state index contributed by atoms with van der Waals surface area (Å²) in [6.45, 7) is 13.8. The lowest BCUT2D eigenvalue weighted by Crippen LogP contribution is -2.49. The van der Waals surface area contributed by atoms with E-state index in [1.54, 1.807) is 110 Å². The molecular formula is C41H47N5O8S. The maximum absolute atomic E-state index is 13.9. The number of carbonyl (C=O) groups is 3. The number of carbonyl (C=O) groups excluding carboxylic acids is 3. The molecule has 2 aromatic carbocycles. The number of amides is 3. The van der Waals surface area contributed by atoms with Gasteiger partial charge in [0, 0.05) is 58.8 Å². The van der Waals surface area contributed by atoms with Gasteiger partial charge < -0.3 is 24.3 Å². The molecule has 0 fully saturated rings. The van der Waals surface area contributed by atoms with Gasteiger partial charge in [0.15, 0.2) is 0 Å². The van der Waals surface area contributed by atoms with Gasteiger partial charge in [-0.05, 0) is 115 Å². The van der Waals surface area contributed by atoms with Crippen LogP contribution in [0.4, 0.5) is 26.8 Å². The maximum atomic E-state index is 13.9. The van der Waals surface area contributed by atoms with Crippen molar-refractivity contribution in [1.29, 1.82) is 0 Å². The Bertz CT molecular complexity index is 2300. The maximum Gasteiger partial charge on any atom is 0.442 e. The van der Waals surface area contributed by atoms with Crippen molar-refractivity contribution in [3.63, 3.8) is 0 Å². The molecule has 2 aromatic heterocycles. The van der Waals surface area contributed by atoms with E-state index >= 15 is 0 Å². The first-order valence-corrected chi connectivity index (χ1v) is 19.2. The number of ether oxygens (including phenoxy) is 4. The van der Waals surface area contributed by atoms with Gasteiger partial charge in [-0.25, -0.2) is 28.7 Å². The average molecular weight is 770 g/mol. The van der Waals surface area contributed by atoms with Crippen LogP contribution in [0, 0.1) is 11.8 Å². The van der Waals surface area contributed by atoms with Crippen LogP contribution in [0.2, 0.25) is 0 Å². The van der Waals surface area contributed by atoms with Gasteiger partial charge in [0.2, 0.25) is 0 Å². The van der Waals surface area contributed by atoms with Crippen molar-refractivity contribution in [1.82, 2.24) is 9.97 Å². The van der Waals surface area contributed by atoms with Gasteiger partial charge in [-0.3, -0.25) is 4.79 Å². The molecular weight excluding hydrogens is 723 g/mol. The highest BCUT2D eigenvalue weighted by Crippen LogP contribution is 2.44. The number of pyridine rings is 2. The van der Waals surface area contributed by atoms with Gasteiger partial charge >= 0.3 is 12.2 Å². The topological polar surface area (TPSA) is 159 Å². The number of rotatable bonds is 8. The number of imide groups is 1. The Labute approximate surface area is 322 Å². The molecule has 0 aliphatic carbocycles. The lowest BCUT2D eigenvalue weighted by Gasteiger charge is -2.27. The van der Waals surface area contributed by atoms with E-state index in [4.69, 9.17) is 18.9 Å². The van der Waals surface area contributed by atoms with E-state index < -0.39 is 49.7 Å². The lowest BCUT2D eigenvalue weighted by molar-refractivity contribution is -0.127. The summed E-state index contributed by atoms with van der Waals surface area (Å²) in [5.41, 5.74) is -0.271. The van der Waals surface area contributed by atoms with Crippen LogP contribution >= 0.6 is 0 Å². The normalized spacial score (nSPS) is 14.8. The van der Waals surface area contributed by atoms with Gasteiger partial charge in [0.1, 0.15) is 28.1 Å². The van der Waals surface area contributed by atoms with Crippen LogP contribution in [0.1, 0.15) is 72.2 Å². The molecule has 13 nitrogen and oxygen atoms in total. The minimum atomic E-state index is -3.11. The molecule has 3 heterocycles. The summed E-state index contributed by atoms with van der Waals surface area (Å²) in [4.78, 5) is 50.3. The zero-order chi connectivity index (χ0) is 40.3. The van der Waals surface area contributed by atoms with Crippen LogP contribution in [0.15, 0.2) is 76.2 Å². The number of hydrogen-bond acceptors (Lipinski definition) is 11. The Hall–Kier alpha value is -5.36. The van der Waals surface area contributed by atoms with Gasteiger partial charge in [-0.1, -0.05) is 12.0 Å². The van der Waals surface area contributed by atoms with E-state index in [0.717, 1.165) is 15.7 Å². The SMILES string of the molecule is COCC1(COC)C(=O)N(C(=O)OC(C)(C)C)c2cc(C#Cc3nccc4cnc(Nc5ccc(S(=O)(=NC(=O)OC(C)(C)C)C(C)C)cc5)cc34)ccc21. The number of fused-ring (bicyclic) bond motifs is 2. The van der Waals surface area contributed by atoms with Crippen LogP contribution in [0.3, 0.4) is 0 Å². The van der Waals surface area contributed by atoms with Crippen molar-refractivity contribution in [2.75, 3.05) is 37.7 Å². The third-order valence-electron chi connectivity index (χ3n) is 8.40. The molecule has 0 radical (unpaired) electrons. The van der Waals surface area contributed by atoms with E-state index in [0.29, 0.717) is 38.9 Å². The first kappa shape index (κ1) is 40.8. The molecule has 0 saturated heterocycles.